The van der Waals surface area contributed by atoms with E-state index in [1.165, 1.54) is 11.1 Å². The van der Waals surface area contributed by atoms with E-state index in [9.17, 15) is 4.79 Å². The summed E-state index contributed by atoms with van der Waals surface area (Å²) in [5, 5.41) is 3.00. The van der Waals surface area contributed by atoms with Crippen molar-refractivity contribution >= 4 is 17.5 Å². The molecule has 0 saturated heterocycles. The van der Waals surface area contributed by atoms with Gasteiger partial charge in [0.05, 0.1) is 0 Å². The number of hydrogen-bond donors (Lipinski definition) is 1. The molecule has 0 spiro atoms. The summed E-state index contributed by atoms with van der Waals surface area (Å²) in [6, 6.07) is 8.61. The SMILES string of the molecule is O=C(CCCl)NC1Cc2ccccc2C1. The van der Waals surface area contributed by atoms with Crippen LogP contribution in [0.25, 0.3) is 0 Å². The van der Waals surface area contributed by atoms with Crippen LogP contribution in [0.4, 0.5) is 0 Å². The quantitative estimate of drug-likeness (QED) is 0.780. The summed E-state index contributed by atoms with van der Waals surface area (Å²) in [4.78, 5) is 11.4. The Hall–Kier alpha value is -1.02. The summed E-state index contributed by atoms with van der Waals surface area (Å²) >= 11 is 5.51. The first-order valence-corrected chi connectivity index (χ1v) is 5.75. The van der Waals surface area contributed by atoms with E-state index in [1.54, 1.807) is 0 Å². The van der Waals surface area contributed by atoms with Crippen LogP contribution in [-0.2, 0) is 17.6 Å². The number of benzene rings is 1. The number of fused-ring (bicyclic) bond motifs is 1. The maximum absolute atomic E-state index is 11.4. The predicted molar refractivity (Wildman–Crippen MR) is 61.1 cm³/mol. The van der Waals surface area contributed by atoms with Crippen LogP contribution >= 0.6 is 11.6 Å². The molecule has 0 radical (unpaired) electrons. The van der Waals surface area contributed by atoms with Crippen molar-refractivity contribution in [2.24, 2.45) is 0 Å². The Bertz CT molecular complexity index is 339. The summed E-state index contributed by atoms with van der Waals surface area (Å²) in [5.41, 5.74) is 2.71. The predicted octanol–water partition coefficient (Wildman–Crippen LogP) is 1.90. The Morgan fingerprint density at radius 2 is 1.93 bits per heavy atom. The molecule has 0 saturated carbocycles. The lowest BCUT2D eigenvalue weighted by Gasteiger charge is -2.10. The normalized spacial score (nSPS) is 15.0. The van der Waals surface area contributed by atoms with E-state index in [-0.39, 0.29) is 11.9 Å². The zero-order valence-electron chi connectivity index (χ0n) is 8.50. The fourth-order valence-electron chi connectivity index (χ4n) is 2.05. The first-order chi connectivity index (χ1) is 7.29. The van der Waals surface area contributed by atoms with E-state index in [0.29, 0.717) is 12.3 Å². The molecule has 2 nitrogen and oxygen atoms in total. The molecule has 1 amide bonds. The standard InChI is InChI=1S/C12H14ClNO/c13-6-5-12(15)14-11-7-9-3-1-2-4-10(9)8-11/h1-4,11H,5-8H2,(H,14,15). The van der Waals surface area contributed by atoms with Gasteiger partial charge in [-0.05, 0) is 24.0 Å². The molecule has 1 N–H and O–H groups in total. The average Bonchev–Trinajstić information content (AvgIpc) is 2.59. The van der Waals surface area contributed by atoms with E-state index in [4.69, 9.17) is 11.6 Å². The fourth-order valence-corrected chi connectivity index (χ4v) is 2.22. The van der Waals surface area contributed by atoms with Gasteiger partial charge in [0.15, 0.2) is 0 Å². The van der Waals surface area contributed by atoms with Crippen LogP contribution in [0.15, 0.2) is 24.3 Å². The van der Waals surface area contributed by atoms with Gasteiger partial charge in [-0.3, -0.25) is 4.79 Å². The third-order valence-corrected chi connectivity index (χ3v) is 2.93. The molecule has 2 rings (SSSR count). The minimum absolute atomic E-state index is 0.0582. The molecule has 0 fully saturated rings. The Balaban J connectivity index is 1.93. The van der Waals surface area contributed by atoms with Crippen molar-refractivity contribution in [1.82, 2.24) is 5.32 Å². The van der Waals surface area contributed by atoms with Crippen molar-refractivity contribution in [2.45, 2.75) is 25.3 Å². The first-order valence-electron chi connectivity index (χ1n) is 5.21. The average molecular weight is 224 g/mol. The molecule has 80 valence electrons. The van der Waals surface area contributed by atoms with Crippen LogP contribution in [0, 0.1) is 0 Å². The molecule has 0 bridgehead atoms. The molecule has 0 aliphatic heterocycles. The topological polar surface area (TPSA) is 29.1 Å². The highest BCUT2D eigenvalue weighted by Gasteiger charge is 2.21. The molecular formula is C12H14ClNO. The maximum Gasteiger partial charge on any atom is 0.221 e. The van der Waals surface area contributed by atoms with Gasteiger partial charge in [-0.1, -0.05) is 24.3 Å². The molecule has 1 aromatic rings. The van der Waals surface area contributed by atoms with Gasteiger partial charge in [-0.15, -0.1) is 11.6 Å². The van der Waals surface area contributed by atoms with Crippen LogP contribution in [0.2, 0.25) is 0 Å². The van der Waals surface area contributed by atoms with Gasteiger partial charge in [-0.25, -0.2) is 0 Å². The Kier molecular flexibility index (Phi) is 3.27. The zero-order valence-corrected chi connectivity index (χ0v) is 9.26. The second-order valence-corrected chi connectivity index (χ2v) is 4.26. The number of rotatable bonds is 3. The summed E-state index contributed by atoms with van der Waals surface area (Å²) in [6.07, 6.45) is 2.31. The lowest BCUT2D eigenvalue weighted by molar-refractivity contribution is -0.121. The number of carbonyl (C=O) groups is 1. The van der Waals surface area contributed by atoms with Gasteiger partial charge in [0.25, 0.3) is 0 Å². The summed E-state index contributed by atoms with van der Waals surface area (Å²) in [7, 11) is 0. The molecular weight excluding hydrogens is 210 g/mol. The zero-order chi connectivity index (χ0) is 10.7. The van der Waals surface area contributed by atoms with Gasteiger partial charge in [0, 0.05) is 18.3 Å². The Morgan fingerprint density at radius 3 is 2.47 bits per heavy atom. The molecule has 0 atom stereocenters. The second-order valence-electron chi connectivity index (χ2n) is 3.88. The maximum atomic E-state index is 11.4. The van der Waals surface area contributed by atoms with Crippen LogP contribution in [-0.4, -0.2) is 17.8 Å². The monoisotopic (exact) mass is 223 g/mol. The summed E-state index contributed by atoms with van der Waals surface area (Å²) < 4.78 is 0. The lowest BCUT2D eigenvalue weighted by Crippen LogP contribution is -2.35. The van der Waals surface area contributed by atoms with Gasteiger partial charge < -0.3 is 5.32 Å². The van der Waals surface area contributed by atoms with E-state index in [1.807, 2.05) is 12.1 Å². The van der Waals surface area contributed by atoms with Crippen molar-refractivity contribution < 1.29 is 4.79 Å². The van der Waals surface area contributed by atoms with Gasteiger partial charge >= 0.3 is 0 Å². The van der Waals surface area contributed by atoms with E-state index >= 15 is 0 Å². The highest BCUT2D eigenvalue weighted by Crippen LogP contribution is 2.21. The Morgan fingerprint density at radius 1 is 1.33 bits per heavy atom. The van der Waals surface area contributed by atoms with Crippen LogP contribution in [0.5, 0.6) is 0 Å². The van der Waals surface area contributed by atoms with Crippen molar-refractivity contribution in [1.29, 1.82) is 0 Å². The molecule has 0 aromatic heterocycles. The summed E-state index contributed by atoms with van der Waals surface area (Å²) in [5.74, 6) is 0.453. The fraction of sp³-hybridized carbons (Fsp3) is 0.417. The highest BCUT2D eigenvalue weighted by molar-refractivity contribution is 6.18. The van der Waals surface area contributed by atoms with E-state index in [2.05, 4.69) is 17.4 Å². The third kappa shape index (κ3) is 2.51. The number of alkyl halides is 1. The molecule has 1 aliphatic rings. The molecule has 1 aromatic carbocycles. The van der Waals surface area contributed by atoms with Crippen molar-refractivity contribution in [3.8, 4) is 0 Å². The first kappa shape index (κ1) is 10.5. The van der Waals surface area contributed by atoms with Gasteiger partial charge in [-0.2, -0.15) is 0 Å². The Labute approximate surface area is 94.6 Å². The summed E-state index contributed by atoms with van der Waals surface area (Å²) in [6.45, 7) is 0. The van der Waals surface area contributed by atoms with E-state index < -0.39 is 0 Å². The number of amides is 1. The minimum atomic E-state index is 0.0582. The molecule has 1 aliphatic carbocycles. The second kappa shape index (κ2) is 4.67. The molecule has 0 unspecified atom stereocenters. The third-order valence-electron chi connectivity index (χ3n) is 2.74. The van der Waals surface area contributed by atoms with Crippen molar-refractivity contribution in [3.05, 3.63) is 35.4 Å². The number of nitrogens with one attached hydrogen (secondary N) is 1. The smallest absolute Gasteiger partial charge is 0.221 e. The van der Waals surface area contributed by atoms with Crippen molar-refractivity contribution in [2.75, 3.05) is 5.88 Å². The van der Waals surface area contributed by atoms with Crippen LogP contribution < -0.4 is 5.32 Å². The largest absolute Gasteiger partial charge is 0.353 e. The van der Waals surface area contributed by atoms with Gasteiger partial charge in [0.1, 0.15) is 0 Å². The number of halogens is 1. The van der Waals surface area contributed by atoms with Crippen LogP contribution in [0.1, 0.15) is 17.5 Å². The minimum Gasteiger partial charge on any atom is -0.353 e. The molecule has 15 heavy (non-hydrogen) atoms. The highest BCUT2D eigenvalue weighted by atomic mass is 35.5. The van der Waals surface area contributed by atoms with E-state index in [0.717, 1.165) is 12.8 Å². The van der Waals surface area contributed by atoms with Crippen LogP contribution in [0.3, 0.4) is 0 Å². The molecule has 0 heterocycles. The number of hydrogen-bond acceptors (Lipinski definition) is 1. The number of carbonyl (C=O) groups excluding carboxylic acids is 1. The molecule has 3 heteroatoms. The lowest BCUT2D eigenvalue weighted by atomic mass is 10.1. The van der Waals surface area contributed by atoms with Crippen molar-refractivity contribution in [3.63, 3.8) is 0 Å². The van der Waals surface area contributed by atoms with Gasteiger partial charge in [0.2, 0.25) is 5.91 Å².